The predicted molar refractivity (Wildman–Crippen MR) is 92.9 cm³/mol. The first-order valence-electron chi connectivity index (χ1n) is 7.81. The molecule has 6 heteroatoms. The molecular formula is C17H21BrN2O3. The molecule has 23 heavy (non-hydrogen) atoms. The number of esters is 1. The second-order valence-electron chi connectivity index (χ2n) is 6.20. The lowest BCUT2D eigenvalue weighted by Crippen LogP contribution is -2.18. The van der Waals surface area contributed by atoms with E-state index in [9.17, 15) is 9.90 Å². The molecule has 0 radical (unpaired) electrons. The molecule has 1 aliphatic carbocycles. The Morgan fingerprint density at radius 1 is 1.43 bits per heavy atom. The number of phenolic OH excluding ortho intramolecular Hbond substituents is 1. The smallest absolute Gasteiger partial charge is 0.340 e. The molecule has 1 fully saturated rings. The molecule has 1 aromatic carbocycles. The van der Waals surface area contributed by atoms with E-state index in [1.54, 1.807) is 13.0 Å². The van der Waals surface area contributed by atoms with E-state index in [0.717, 1.165) is 29.4 Å². The number of benzene rings is 1. The zero-order chi connectivity index (χ0) is 16.7. The van der Waals surface area contributed by atoms with Crippen molar-refractivity contribution in [3.05, 3.63) is 27.9 Å². The van der Waals surface area contributed by atoms with Crippen molar-refractivity contribution in [2.45, 2.75) is 32.4 Å². The Hall–Kier alpha value is -1.53. The van der Waals surface area contributed by atoms with Gasteiger partial charge in [0.25, 0.3) is 0 Å². The van der Waals surface area contributed by atoms with E-state index in [1.165, 1.54) is 0 Å². The van der Waals surface area contributed by atoms with Crippen molar-refractivity contribution in [3.63, 3.8) is 0 Å². The Balaban J connectivity index is 2.31. The summed E-state index contributed by atoms with van der Waals surface area (Å²) in [6.45, 7) is 2.79. The zero-order valence-electron chi connectivity index (χ0n) is 13.6. The van der Waals surface area contributed by atoms with Crippen molar-refractivity contribution < 1.29 is 14.6 Å². The van der Waals surface area contributed by atoms with E-state index in [-0.39, 0.29) is 11.7 Å². The normalized spacial score (nSPS) is 14.7. The van der Waals surface area contributed by atoms with E-state index < -0.39 is 0 Å². The maximum absolute atomic E-state index is 12.6. The van der Waals surface area contributed by atoms with Crippen LogP contribution in [-0.4, -0.2) is 41.2 Å². The maximum atomic E-state index is 12.6. The number of fused-ring (bicyclic) bond motifs is 1. The van der Waals surface area contributed by atoms with Crippen molar-refractivity contribution in [1.82, 2.24) is 9.47 Å². The molecule has 2 aromatic rings. The standard InChI is InChI=1S/C17H21BrN2O3/c1-4-23-17(22)16-11-7-15(21)12(18)8-13(11)20(10-5-6-10)14(16)9-19(2)3/h7-8,10,21H,4-6,9H2,1-3H3. The third-order valence-corrected chi connectivity index (χ3v) is 4.67. The van der Waals surface area contributed by atoms with Gasteiger partial charge in [0.15, 0.2) is 0 Å². The van der Waals surface area contributed by atoms with E-state index in [1.807, 2.05) is 25.1 Å². The number of nitrogens with zero attached hydrogens (tertiary/aromatic N) is 2. The molecule has 1 saturated carbocycles. The molecule has 0 bridgehead atoms. The Kier molecular flexibility index (Phi) is 4.38. The quantitative estimate of drug-likeness (QED) is 0.803. The number of hydrogen-bond donors (Lipinski definition) is 1. The first-order chi connectivity index (χ1) is 10.9. The molecule has 0 spiro atoms. The molecular weight excluding hydrogens is 360 g/mol. The van der Waals surface area contributed by atoms with Crippen molar-refractivity contribution in [2.75, 3.05) is 20.7 Å². The van der Waals surface area contributed by atoms with Crippen molar-refractivity contribution in [1.29, 1.82) is 0 Å². The molecule has 1 aromatic heterocycles. The number of hydrogen-bond acceptors (Lipinski definition) is 4. The maximum Gasteiger partial charge on any atom is 0.340 e. The molecule has 124 valence electrons. The zero-order valence-corrected chi connectivity index (χ0v) is 15.2. The summed E-state index contributed by atoms with van der Waals surface area (Å²) in [5, 5.41) is 10.8. The summed E-state index contributed by atoms with van der Waals surface area (Å²) in [5.41, 5.74) is 2.51. The summed E-state index contributed by atoms with van der Waals surface area (Å²) < 4.78 is 8.15. The largest absolute Gasteiger partial charge is 0.507 e. The SMILES string of the molecule is CCOC(=O)c1c(CN(C)C)n(C2CC2)c2cc(Br)c(O)cc12. The van der Waals surface area contributed by atoms with Crippen LogP contribution in [0.4, 0.5) is 0 Å². The Morgan fingerprint density at radius 2 is 2.13 bits per heavy atom. The van der Waals surface area contributed by atoms with Crippen LogP contribution in [0.1, 0.15) is 41.9 Å². The summed E-state index contributed by atoms with van der Waals surface area (Å²) in [4.78, 5) is 14.6. The van der Waals surface area contributed by atoms with Gasteiger partial charge < -0.3 is 19.3 Å². The first kappa shape index (κ1) is 16.3. The molecule has 1 heterocycles. The monoisotopic (exact) mass is 380 g/mol. The summed E-state index contributed by atoms with van der Waals surface area (Å²) in [6.07, 6.45) is 2.23. The lowest BCUT2D eigenvalue weighted by molar-refractivity contribution is 0.0526. The fraction of sp³-hybridized carbons (Fsp3) is 0.471. The molecule has 0 aliphatic heterocycles. The van der Waals surface area contributed by atoms with E-state index in [4.69, 9.17) is 4.74 Å². The van der Waals surface area contributed by atoms with Gasteiger partial charge in [0.2, 0.25) is 0 Å². The van der Waals surface area contributed by atoms with Crippen LogP contribution in [0.2, 0.25) is 0 Å². The van der Waals surface area contributed by atoms with Gasteiger partial charge in [0.1, 0.15) is 5.75 Å². The van der Waals surface area contributed by atoms with Crippen LogP contribution in [0.25, 0.3) is 10.9 Å². The molecule has 3 rings (SSSR count). The minimum atomic E-state index is -0.324. The van der Waals surface area contributed by atoms with E-state index in [2.05, 4.69) is 20.5 Å². The minimum Gasteiger partial charge on any atom is -0.507 e. The molecule has 0 atom stereocenters. The highest BCUT2D eigenvalue weighted by Crippen LogP contribution is 2.44. The topological polar surface area (TPSA) is 54.7 Å². The molecule has 1 N–H and O–H groups in total. The lowest BCUT2D eigenvalue weighted by Gasteiger charge is -2.15. The summed E-state index contributed by atoms with van der Waals surface area (Å²) in [6, 6.07) is 3.97. The lowest BCUT2D eigenvalue weighted by atomic mass is 10.1. The molecule has 0 saturated heterocycles. The van der Waals surface area contributed by atoms with Crippen LogP contribution in [0, 0.1) is 0 Å². The summed E-state index contributed by atoms with van der Waals surface area (Å²) >= 11 is 3.38. The molecule has 0 unspecified atom stereocenters. The average Bonchev–Trinajstić information content (AvgIpc) is 3.24. The van der Waals surface area contributed by atoms with Crippen molar-refractivity contribution in [2.24, 2.45) is 0 Å². The number of ether oxygens (including phenoxy) is 1. The van der Waals surface area contributed by atoms with Gasteiger partial charge in [-0.25, -0.2) is 4.79 Å². The average molecular weight is 381 g/mol. The van der Waals surface area contributed by atoms with Gasteiger partial charge in [-0.3, -0.25) is 0 Å². The number of carbonyl (C=O) groups is 1. The molecule has 1 aliphatic rings. The van der Waals surface area contributed by atoms with Crippen molar-refractivity contribution in [3.8, 4) is 5.75 Å². The Morgan fingerprint density at radius 3 is 2.70 bits per heavy atom. The Labute approximate surface area is 144 Å². The molecule has 5 nitrogen and oxygen atoms in total. The van der Waals surface area contributed by atoms with E-state index in [0.29, 0.717) is 29.2 Å². The molecule has 0 amide bonds. The van der Waals surface area contributed by atoms with E-state index >= 15 is 0 Å². The second kappa shape index (κ2) is 6.17. The van der Waals surface area contributed by atoms with Gasteiger partial charge in [-0.05, 0) is 61.9 Å². The minimum absolute atomic E-state index is 0.132. The van der Waals surface area contributed by atoms with Crippen LogP contribution < -0.4 is 0 Å². The third-order valence-electron chi connectivity index (χ3n) is 4.03. The highest BCUT2D eigenvalue weighted by molar-refractivity contribution is 9.10. The fourth-order valence-electron chi connectivity index (χ4n) is 3.01. The van der Waals surface area contributed by atoms with Gasteiger partial charge >= 0.3 is 5.97 Å². The fourth-order valence-corrected chi connectivity index (χ4v) is 3.34. The summed E-state index contributed by atoms with van der Waals surface area (Å²) in [5.74, 6) is -0.192. The Bertz CT molecular complexity index is 763. The van der Waals surface area contributed by atoms with Crippen LogP contribution in [0.3, 0.4) is 0 Å². The van der Waals surface area contributed by atoms with Gasteiger partial charge in [-0.15, -0.1) is 0 Å². The third kappa shape index (κ3) is 2.97. The highest BCUT2D eigenvalue weighted by Gasteiger charge is 2.32. The summed E-state index contributed by atoms with van der Waals surface area (Å²) in [7, 11) is 3.97. The van der Waals surface area contributed by atoms with Crippen LogP contribution in [0.5, 0.6) is 5.75 Å². The second-order valence-corrected chi connectivity index (χ2v) is 7.06. The number of halogens is 1. The van der Waals surface area contributed by atoms with Crippen LogP contribution >= 0.6 is 15.9 Å². The van der Waals surface area contributed by atoms with Gasteiger partial charge in [0.05, 0.1) is 22.2 Å². The number of aromatic hydroxyl groups is 1. The number of rotatable bonds is 5. The number of aromatic nitrogens is 1. The van der Waals surface area contributed by atoms with Crippen LogP contribution in [0.15, 0.2) is 16.6 Å². The van der Waals surface area contributed by atoms with Crippen molar-refractivity contribution >= 4 is 32.8 Å². The van der Waals surface area contributed by atoms with Gasteiger partial charge in [0, 0.05) is 23.7 Å². The predicted octanol–water partition coefficient (Wildman–Crippen LogP) is 3.68. The van der Waals surface area contributed by atoms with Gasteiger partial charge in [-0.2, -0.15) is 0 Å². The number of carbonyl (C=O) groups excluding carboxylic acids is 1. The van der Waals surface area contributed by atoms with Gasteiger partial charge in [-0.1, -0.05) is 0 Å². The van der Waals surface area contributed by atoms with Crippen LogP contribution in [-0.2, 0) is 11.3 Å². The number of phenols is 1. The highest BCUT2D eigenvalue weighted by atomic mass is 79.9. The first-order valence-corrected chi connectivity index (χ1v) is 8.60.